The van der Waals surface area contributed by atoms with E-state index in [0.717, 1.165) is 0 Å². The lowest BCUT2D eigenvalue weighted by molar-refractivity contribution is -0.419. The fraction of sp³-hybridized carbons (Fsp3) is 0.167. The molecule has 19 heavy (non-hydrogen) atoms. The number of allylic oxidation sites excluding steroid dienone is 2. The van der Waals surface area contributed by atoms with Crippen LogP contribution in [0.1, 0.15) is 6.42 Å². The SMILES string of the molecule is O=C(Nc1ccncc1)C1=CC([N+](=O)[O-])=CC[C@@H]1S. The van der Waals surface area contributed by atoms with Crippen LogP contribution < -0.4 is 5.32 Å². The van der Waals surface area contributed by atoms with E-state index in [9.17, 15) is 14.9 Å². The minimum atomic E-state index is -0.515. The van der Waals surface area contributed by atoms with Gasteiger partial charge in [0, 0.05) is 35.0 Å². The fourth-order valence-electron chi connectivity index (χ4n) is 1.66. The molecule has 2 rings (SSSR count). The summed E-state index contributed by atoms with van der Waals surface area (Å²) in [6.45, 7) is 0. The maximum atomic E-state index is 12.0. The zero-order chi connectivity index (χ0) is 13.8. The standard InChI is InChI=1S/C12H11N3O3S/c16-12(14-8-3-5-13-6-4-8)10-7-9(15(17)18)1-2-11(10)19/h1,3-7,11,19H,2H2,(H,13,14,16)/t11-/m0/s1. The topological polar surface area (TPSA) is 85.1 Å². The summed E-state index contributed by atoms with van der Waals surface area (Å²) in [4.78, 5) is 26.1. The molecule has 0 aliphatic heterocycles. The van der Waals surface area contributed by atoms with Crippen molar-refractivity contribution in [1.82, 2.24) is 4.98 Å². The number of thiol groups is 1. The Kier molecular flexibility index (Phi) is 3.96. The second-order valence-corrected chi connectivity index (χ2v) is 4.55. The van der Waals surface area contributed by atoms with Gasteiger partial charge in [-0.05, 0) is 24.6 Å². The highest BCUT2D eigenvalue weighted by atomic mass is 32.1. The molecule has 0 saturated carbocycles. The van der Waals surface area contributed by atoms with Crippen LogP contribution in [-0.2, 0) is 4.79 Å². The number of hydrogen-bond donors (Lipinski definition) is 2. The number of anilines is 1. The molecular formula is C12H11N3O3S. The van der Waals surface area contributed by atoms with E-state index in [1.165, 1.54) is 12.2 Å². The van der Waals surface area contributed by atoms with Crippen molar-refractivity contribution in [3.63, 3.8) is 0 Å². The lowest BCUT2D eigenvalue weighted by Gasteiger charge is -2.16. The van der Waals surface area contributed by atoms with Crippen molar-refractivity contribution in [2.45, 2.75) is 11.7 Å². The fourth-order valence-corrected chi connectivity index (χ4v) is 1.95. The molecule has 0 spiro atoms. The summed E-state index contributed by atoms with van der Waals surface area (Å²) < 4.78 is 0. The molecule has 1 aliphatic rings. The summed E-state index contributed by atoms with van der Waals surface area (Å²) in [5.41, 5.74) is 0.790. The van der Waals surface area contributed by atoms with Gasteiger partial charge < -0.3 is 5.32 Å². The summed E-state index contributed by atoms with van der Waals surface area (Å²) in [6.07, 6.45) is 6.17. The van der Waals surface area contributed by atoms with Crippen LogP contribution in [0.2, 0.25) is 0 Å². The third kappa shape index (κ3) is 3.19. The molecular weight excluding hydrogens is 266 g/mol. The minimum absolute atomic E-state index is 0.0785. The Bertz CT molecular complexity index is 569. The van der Waals surface area contributed by atoms with Gasteiger partial charge in [0.15, 0.2) is 0 Å². The monoisotopic (exact) mass is 277 g/mol. The van der Waals surface area contributed by atoms with E-state index in [1.54, 1.807) is 24.5 Å². The predicted octanol–water partition coefficient (Wildman–Crippen LogP) is 1.81. The molecule has 0 aromatic carbocycles. The molecule has 0 bridgehead atoms. The first kappa shape index (κ1) is 13.3. The van der Waals surface area contributed by atoms with Crippen molar-refractivity contribution in [3.05, 3.63) is 58.1 Å². The first-order valence-corrected chi connectivity index (χ1v) is 6.05. The van der Waals surface area contributed by atoms with Crippen molar-refractivity contribution in [2.24, 2.45) is 0 Å². The largest absolute Gasteiger partial charge is 0.322 e. The number of nitrogens with zero attached hydrogens (tertiary/aromatic N) is 2. The first-order chi connectivity index (χ1) is 9.08. The molecule has 1 heterocycles. The van der Waals surface area contributed by atoms with Crippen LogP contribution in [0.3, 0.4) is 0 Å². The normalized spacial score (nSPS) is 18.3. The Labute approximate surface area is 114 Å². The predicted molar refractivity (Wildman–Crippen MR) is 73.4 cm³/mol. The van der Waals surface area contributed by atoms with Crippen LogP contribution in [0.4, 0.5) is 5.69 Å². The molecule has 0 fully saturated rings. The van der Waals surface area contributed by atoms with Crippen molar-refractivity contribution < 1.29 is 9.72 Å². The zero-order valence-electron chi connectivity index (χ0n) is 9.81. The zero-order valence-corrected chi connectivity index (χ0v) is 10.7. The number of carbonyl (C=O) groups is 1. The van der Waals surface area contributed by atoms with E-state index >= 15 is 0 Å². The molecule has 1 aromatic rings. The Hall–Kier alpha value is -2.15. The molecule has 0 unspecified atom stereocenters. The van der Waals surface area contributed by atoms with Crippen LogP contribution >= 0.6 is 12.6 Å². The Balaban J connectivity index is 2.18. The number of aromatic nitrogens is 1. The average molecular weight is 277 g/mol. The van der Waals surface area contributed by atoms with Gasteiger partial charge in [-0.1, -0.05) is 0 Å². The first-order valence-electron chi connectivity index (χ1n) is 5.53. The lowest BCUT2D eigenvalue weighted by Crippen LogP contribution is -2.23. The second-order valence-electron chi connectivity index (χ2n) is 3.93. The van der Waals surface area contributed by atoms with Crippen molar-refractivity contribution >= 4 is 24.2 Å². The van der Waals surface area contributed by atoms with Gasteiger partial charge in [0.25, 0.3) is 11.6 Å². The van der Waals surface area contributed by atoms with Crippen LogP contribution in [0.15, 0.2) is 47.9 Å². The summed E-state index contributed by atoms with van der Waals surface area (Å²) in [7, 11) is 0. The molecule has 0 saturated heterocycles. The van der Waals surface area contributed by atoms with Gasteiger partial charge in [0.1, 0.15) is 0 Å². The van der Waals surface area contributed by atoms with Crippen LogP contribution in [0.5, 0.6) is 0 Å². The second kappa shape index (κ2) is 5.66. The highest BCUT2D eigenvalue weighted by molar-refractivity contribution is 7.81. The van der Waals surface area contributed by atoms with Gasteiger partial charge in [0.05, 0.1) is 4.92 Å². The molecule has 1 aromatic heterocycles. The van der Waals surface area contributed by atoms with E-state index in [0.29, 0.717) is 12.1 Å². The lowest BCUT2D eigenvalue weighted by atomic mass is 10.0. The van der Waals surface area contributed by atoms with E-state index in [-0.39, 0.29) is 16.5 Å². The molecule has 0 radical (unpaired) electrons. The molecule has 1 aliphatic carbocycles. The Morgan fingerprint density at radius 2 is 2.16 bits per heavy atom. The average Bonchev–Trinajstić information content (AvgIpc) is 2.40. The summed E-state index contributed by atoms with van der Waals surface area (Å²) in [6, 6.07) is 3.28. The highest BCUT2D eigenvalue weighted by Crippen LogP contribution is 2.24. The van der Waals surface area contributed by atoms with E-state index < -0.39 is 10.8 Å². The van der Waals surface area contributed by atoms with Gasteiger partial charge in [-0.15, -0.1) is 0 Å². The molecule has 98 valence electrons. The third-order valence-electron chi connectivity index (χ3n) is 2.62. The van der Waals surface area contributed by atoms with E-state index in [2.05, 4.69) is 22.9 Å². The Morgan fingerprint density at radius 3 is 2.79 bits per heavy atom. The van der Waals surface area contributed by atoms with Crippen molar-refractivity contribution in [3.8, 4) is 0 Å². The van der Waals surface area contributed by atoms with Crippen molar-refractivity contribution in [1.29, 1.82) is 0 Å². The van der Waals surface area contributed by atoms with E-state index in [1.807, 2.05) is 0 Å². The van der Waals surface area contributed by atoms with Crippen molar-refractivity contribution in [2.75, 3.05) is 5.32 Å². The summed E-state index contributed by atoms with van der Waals surface area (Å²) >= 11 is 4.26. The molecule has 1 N–H and O–H groups in total. The quantitative estimate of drug-likeness (QED) is 0.501. The molecule has 7 heteroatoms. The number of carbonyl (C=O) groups excluding carboxylic acids is 1. The number of nitrogens with one attached hydrogen (secondary N) is 1. The van der Waals surface area contributed by atoms with Gasteiger partial charge in [-0.3, -0.25) is 19.9 Å². The number of rotatable bonds is 3. The molecule has 1 amide bonds. The van der Waals surface area contributed by atoms with Gasteiger partial charge in [-0.25, -0.2) is 0 Å². The number of nitro groups is 1. The highest BCUT2D eigenvalue weighted by Gasteiger charge is 2.25. The maximum Gasteiger partial charge on any atom is 0.266 e. The third-order valence-corrected chi connectivity index (χ3v) is 3.11. The number of pyridine rings is 1. The molecule has 1 atom stereocenters. The number of hydrogen-bond acceptors (Lipinski definition) is 5. The van der Waals surface area contributed by atoms with Crippen LogP contribution in [0.25, 0.3) is 0 Å². The molecule has 6 nitrogen and oxygen atoms in total. The van der Waals surface area contributed by atoms with Gasteiger partial charge in [-0.2, -0.15) is 12.6 Å². The summed E-state index contributed by atoms with van der Waals surface area (Å²) in [5.74, 6) is -0.390. The van der Waals surface area contributed by atoms with Gasteiger partial charge in [0.2, 0.25) is 0 Å². The maximum absolute atomic E-state index is 12.0. The summed E-state index contributed by atoms with van der Waals surface area (Å²) in [5, 5.41) is 13.0. The van der Waals surface area contributed by atoms with Crippen LogP contribution in [0, 0.1) is 10.1 Å². The Morgan fingerprint density at radius 1 is 1.47 bits per heavy atom. The number of amides is 1. The van der Waals surface area contributed by atoms with E-state index in [4.69, 9.17) is 0 Å². The minimum Gasteiger partial charge on any atom is -0.322 e. The smallest absolute Gasteiger partial charge is 0.266 e. The van der Waals surface area contributed by atoms with Gasteiger partial charge >= 0.3 is 0 Å². The van der Waals surface area contributed by atoms with Crippen LogP contribution in [-0.4, -0.2) is 21.1 Å².